The third-order valence-corrected chi connectivity index (χ3v) is 6.44. The minimum atomic E-state index is -4.46. The number of sulfone groups is 1. The first-order valence-electron chi connectivity index (χ1n) is 7.12. The Hall–Kier alpha value is -2.14. The zero-order valence-corrected chi connectivity index (χ0v) is 15.6. The maximum absolute atomic E-state index is 12.2. The Morgan fingerprint density at radius 3 is 2.19 bits per heavy atom. The van der Waals surface area contributed by atoms with Gasteiger partial charge in [-0.3, -0.25) is 9.35 Å². The van der Waals surface area contributed by atoms with E-state index < -0.39 is 30.8 Å². The smallest absolute Gasteiger partial charge is 0.296 e. The Morgan fingerprint density at radius 1 is 1.08 bits per heavy atom. The Labute approximate surface area is 155 Å². The van der Waals surface area contributed by atoms with Crippen molar-refractivity contribution < 1.29 is 26.2 Å². The van der Waals surface area contributed by atoms with Crippen LogP contribution in [0.2, 0.25) is 0 Å². The summed E-state index contributed by atoms with van der Waals surface area (Å²) in [5.74, 6) is -0.796. The van der Waals surface area contributed by atoms with Crippen LogP contribution in [-0.2, 0) is 20.0 Å². The highest BCUT2D eigenvalue weighted by molar-refractivity contribution is 7.91. The molecule has 0 bridgehead atoms. The summed E-state index contributed by atoms with van der Waals surface area (Å²) in [6, 6.07) is 8.77. The molecule has 0 aliphatic rings. The minimum Gasteiger partial charge on any atom is -0.398 e. The van der Waals surface area contributed by atoms with Gasteiger partial charge in [0.1, 0.15) is 4.90 Å². The van der Waals surface area contributed by atoms with E-state index in [1.807, 2.05) is 0 Å². The Bertz CT molecular complexity index is 1030. The van der Waals surface area contributed by atoms with Crippen LogP contribution in [0.1, 0.15) is 10.4 Å². The van der Waals surface area contributed by atoms with E-state index in [4.69, 9.17) is 21.9 Å². The molecule has 0 heterocycles. The van der Waals surface area contributed by atoms with E-state index in [2.05, 4.69) is 5.32 Å². The number of halogens is 1. The predicted molar refractivity (Wildman–Crippen MR) is 97.8 cm³/mol. The molecule has 2 aromatic carbocycles. The van der Waals surface area contributed by atoms with E-state index in [9.17, 15) is 21.6 Å². The number of nitrogens with one attached hydrogen (secondary N) is 1. The number of nitrogen functional groups attached to an aromatic ring is 1. The van der Waals surface area contributed by atoms with E-state index >= 15 is 0 Å². The number of hydrogen-bond acceptors (Lipinski definition) is 6. The maximum atomic E-state index is 12.2. The number of anilines is 2. The summed E-state index contributed by atoms with van der Waals surface area (Å²) in [5.41, 5.74) is 5.72. The van der Waals surface area contributed by atoms with Crippen molar-refractivity contribution in [2.45, 2.75) is 9.79 Å². The molecule has 0 aromatic heterocycles. The lowest BCUT2D eigenvalue weighted by molar-refractivity contribution is 0.102. The molecule has 26 heavy (non-hydrogen) atoms. The number of rotatable bonds is 6. The predicted octanol–water partition coefficient (Wildman–Crippen LogP) is 1.78. The second-order valence-corrected chi connectivity index (χ2v) is 9.09. The molecule has 0 saturated carbocycles. The first kappa shape index (κ1) is 20.2. The zero-order chi connectivity index (χ0) is 19.5. The van der Waals surface area contributed by atoms with Crippen molar-refractivity contribution in [1.29, 1.82) is 0 Å². The van der Waals surface area contributed by atoms with Crippen LogP contribution in [-0.4, -0.2) is 38.9 Å². The zero-order valence-electron chi connectivity index (χ0n) is 13.2. The topological polar surface area (TPSA) is 144 Å². The van der Waals surface area contributed by atoms with Crippen LogP contribution in [0.3, 0.4) is 0 Å². The lowest BCUT2D eigenvalue weighted by Crippen LogP contribution is -2.13. The summed E-state index contributed by atoms with van der Waals surface area (Å²) < 4.78 is 55.0. The molecule has 4 N–H and O–H groups in total. The van der Waals surface area contributed by atoms with Crippen LogP contribution in [0.15, 0.2) is 52.3 Å². The van der Waals surface area contributed by atoms with Crippen LogP contribution in [0.25, 0.3) is 0 Å². The van der Waals surface area contributed by atoms with Crippen LogP contribution in [0.5, 0.6) is 0 Å². The van der Waals surface area contributed by atoms with Gasteiger partial charge in [-0.05, 0) is 42.5 Å². The number of carbonyl (C=O) groups excluding carboxylic acids is 1. The van der Waals surface area contributed by atoms with Crippen LogP contribution >= 0.6 is 11.6 Å². The molecule has 0 fully saturated rings. The van der Waals surface area contributed by atoms with Crippen molar-refractivity contribution in [3.63, 3.8) is 0 Å². The third kappa shape index (κ3) is 4.73. The quantitative estimate of drug-likeness (QED) is 0.368. The molecule has 8 nitrogen and oxygen atoms in total. The van der Waals surface area contributed by atoms with E-state index in [0.29, 0.717) is 0 Å². The lowest BCUT2D eigenvalue weighted by atomic mass is 10.2. The van der Waals surface area contributed by atoms with Gasteiger partial charge in [-0.15, -0.1) is 11.6 Å². The van der Waals surface area contributed by atoms with Gasteiger partial charge in [0.25, 0.3) is 16.0 Å². The van der Waals surface area contributed by atoms with Crippen molar-refractivity contribution in [2.75, 3.05) is 22.7 Å². The molecule has 140 valence electrons. The molecule has 0 unspecified atom stereocenters. The number of hydrogen-bond donors (Lipinski definition) is 3. The average Bonchev–Trinajstić information content (AvgIpc) is 2.53. The molecule has 0 aliphatic heterocycles. The molecule has 0 aliphatic carbocycles. The number of nitrogens with two attached hydrogens (primary N) is 1. The van der Waals surface area contributed by atoms with E-state index in [-0.39, 0.29) is 33.5 Å². The summed E-state index contributed by atoms with van der Waals surface area (Å²) in [4.78, 5) is 11.8. The van der Waals surface area contributed by atoms with E-state index in [0.717, 1.165) is 6.07 Å². The second kappa shape index (κ2) is 7.62. The highest BCUT2D eigenvalue weighted by Gasteiger charge is 2.16. The summed E-state index contributed by atoms with van der Waals surface area (Å²) in [7, 11) is -7.96. The van der Waals surface area contributed by atoms with E-state index in [1.54, 1.807) is 0 Å². The molecule has 0 saturated heterocycles. The third-order valence-electron chi connectivity index (χ3n) is 3.37. The lowest BCUT2D eigenvalue weighted by Gasteiger charge is -2.09. The number of carbonyl (C=O) groups is 1. The molecule has 1 amide bonds. The van der Waals surface area contributed by atoms with Crippen molar-refractivity contribution >= 4 is 48.8 Å². The first-order chi connectivity index (χ1) is 12.0. The molecule has 0 atom stereocenters. The van der Waals surface area contributed by atoms with Gasteiger partial charge < -0.3 is 11.1 Å². The van der Waals surface area contributed by atoms with Crippen molar-refractivity contribution in [1.82, 2.24) is 0 Å². The van der Waals surface area contributed by atoms with Crippen molar-refractivity contribution in [3.8, 4) is 0 Å². The number of alkyl halides is 1. The highest BCUT2D eigenvalue weighted by Crippen LogP contribution is 2.23. The summed E-state index contributed by atoms with van der Waals surface area (Å²) >= 11 is 5.45. The summed E-state index contributed by atoms with van der Waals surface area (Å²) in [6.45, 7) is 0. The van der Waals surface area contributed by atoms with Gasteiger partial charge in [-0.25, -0.2) is 8.42 Å². The highest BCUT2D eigenvalue weighted by atomic mass is 35.5. The van der Waals surface area contributed by atoms with Crippen LogP contribution < -0.4 is 11.1 Å². The Balaban J connectivity index is 2.19. The fourth-order valence-electron chi connectivity index (χ4n) is 2.10. The van der Waals surface area contributed by atoms with Gasteiger partial charge >= 0.3 is 0 Å². The monoisotopic (exact) mass is 418 g/mol. The van der Waals surface area contributed by atoms with Crippen molar-refractivity contribution in [2.24, 2.45) is 0 Å². The fraction of sp³-hybridized carbons (Fsp3) is 0.133. The summed E-state index contributed by atoms with van der Waals surface area (Å²) in [6.07, 6.45) is 0. The van der Waals surface area contributed by atoms with Crippen LogP contribution in [0.4, 0.5) is 11.4 Å². The van der Waals surface area contributed by atoms with Gasteiger partial charge in [-0.1, -0.05) is 0 Å². The van der Waals surface area contributed by atoms with Gasteiger partial charge in [0, 0.05) is 17.1 Å². The number of amides is 1. The van der Waals surface area contributed by atoms with Gasteiger partial charge in [0.05, 0.1) is 16.3 Å². The number of benzene rings is 2. The molecule has 11 heteroatoms. The van der Waals surface area contributed by atoms with Gasteiger partial charge in [-0.2, -0.15) is 8.42 Å². The van der Waals surface area contributed by atoms with Gasteiger partial charge in [0.15, 0.2) is 9.84 Å². The van der Waals surface area contributed by atoms with E-state index in [1.165, 1.54) is 36.4 Å². The van der Waals surface area contributed by atoms with Crippen LogP contribution in [0, 0.1) is 0 Å². The molecule has 2 rings (SSSR count). The fourth-order valence-corrected chi connectivity index (χ4v) is 4.29. The molecular weight excluding hydrogens is 404 g/mol. The molecular formula is C15H15ClN2O6S2. The molecule has 0 radical (unpaired) electrons. The summed E-state index contributed by atoms with van der Waals surface area (Å²) in [5, 5.41) is 2.50. The second-order valence-electron chi connectivity index (χ2n) is 5.21. The SMILES string of the molecule is Nc1cc(NC(=O)c2ccc(S(=O)(=O)CCCl)cc2)ccc1S(=O)(=O)O. The molecule has 2 aromatic rings. The van der Waals surface area contributed by atoms with Gasteiger partial charge in [0.2, 0.25) is 0 Å². The minimum absolute atomic E-state index is 0.0362. The first-order valence-corrected chi connectivity index (χ1v) is 10.7. The average molecular weight is 419 g/mol. The Kier molecular flexibility index (Phi) is 5.91. The van der Waals surface area contributed by atoms with Crippen molar-refractivity contribution in [3.05, 3.63) is 48.0 Å². The largest absolute Gasteiger partial charge is 0.398 e. The normalized spacial score (nSPS) is 11.9. The maximum Gasteiger partial charge on any atom is 0.296 e. The Morgan fingerprint density at radius 2 is 1.69 bits per heavy atom. The standard InChI is InChI=1S/C15H15ClN2O6S2/c16-7-8-25(20,21)12-4-1-10(2-5-12)15(19)18-11-3-6-14(13(17)9-11)26(22,23)24/h1-6,9H,7-8,17H2,(H,18,19)(H,22,23,24). The molecule has 0 spiro atoms.